The number of rotatable bonds is 7. The number of carbonyl (C=O) groups is 3. The maximum atomic E-state index is 12.3. The standard InChI is InChI=1S/C21H24N4O3/c1-2-22-21(28)15-7-5-8-16(13-15)24-19(26)14-23-17-9-3-4-10-18(17)25-12-6-11-20(25)27/h3-5,7-10,13,23H,2,6,11-12,14H2,1H3,(H,22,28)(H,24,26). The molecule has 1 aliphatic rings. The van der Waals surface area contributed by atoms with Crippen molar-refractivity contribution in [3.8, 4) is 0 Å². The van der Waals surface area contributed by atoms with Crippen LogP contribution in [-0.4, -0.2) is 37.4 Å². The molecule has 3 rings (SSSR count). The molecule has 0 bridgehead atoms. The van der Waals surface area contributed by atoms with Gasteiger partial charge in [0.25, 0.3) is 5.91 Å². The van der Waals surface area contributed by atoms with Gasteiger partial charge in [0.1, 0.15) is 0 Å². The van der Waals surface area contributed by atoms with E-state index < -0.39 is 0 Å². The van der Waals surface area contributed by atoms with Gasteiger partial charge in [0.05, 0.1) is 17.9 Å². The number of amides is 3. The van der Waals surface area contributed by atoms with Crippen LogP contribution in [0.25, 0.3) is 0 Å². The topological polar surface area (TPSA) is 90.5 Å². The van der Waals surface area contributed by atoms with Crippen LogP contribution in [-0.2, 0) is 9.59 Å². The summed E-state index contributed by atoms with van der Waals surface area (Å²) < 4.78 is 0. The summed E-state index contributed by atoms with van der Waals surface area (Å²) in [7, 11) is 0. The van der Waals surface area contributed by atoms with Gasteiger partial charge in [-0.25, -0.2) is 0 Å². The molecule has 1 saturated heterocycles. The average molecular weight is 380 g/mol. The van der Waals surface area contributed by atoms with E-state index in [2.05, 4.69) is 16.0 Å². The molecule has 0 unspecified atom stereocenters. The van der Waals surface area contributed by atoms with Crippen molar-refractivity contribution in [2.75, 3.05) is 35.2 Å². The van der Waals surface area contributed by atoms with Crippen LogP contribution in [0.15, 0.2) is 48.5 Å². The largest absolute Gasteiger partial charge is 0.374 e. The number of anilines is 3. The molecule has 0 aliphatic carbocycles. The molecule has 1 aliphatic heterocycles. The van der Waals surface area contributed by atoms with Crippen LogP contribution in [0.5, 0.6) is 0 Å². The summed E-state index contributed by atoms with van der Waals surface area (Å²) in [6.45, 7) is 3.13. The Balaban J connectivity index is 1.62. The minimum atomic E-state index is -0.240. The number of nitrogens with one attached hydrogen (secondary N) is 3. The highest BCUT2D eigenvalue weighted by molar-refractivity contribution is 6.00. The molecule has 0 saturated carbocycles. The van der Waals surface area contributed by atoms with Gasteiger partial charge >= 0.3 is 0 Å². The van der Waals surface area contributed by atoms with Crippen molar-refractivity contribution < 1.29 is 14.4 Å². The van der Waals surface area contributed by atoms with E-state index in [1.807, 2.05) is 31.2 Å². The van der Waals surface area contributed by atoms with Gasteiger partial charge in [0, 0.05) is 30.8 Å². The summed E-state index contributed by atoms with van der Waals surface area (Å²) >= 11 is 0. The number of carbonyl (C=O) groups excluding carboxylic acids is 3. The molecule has 3 amide bonds. The molecule has 146 valence electrons. The van der Waals surface area contributed by atoms with Crippen LogP contribution in [0.4, 0.5) is 17.1 Å². The van der Waals surface area contributed by atoms with Crippen molar-refractivity contribution >= 4 is 34.8 Å². The first-order valence-corrected chi connectivity index (χ1v) is 9.40. The van der Waals surface area contributed by atoms with E-state index in [4.69, 9.17) is 0 Å². The van der Waals surface area contributed by atoms with Crippen LogP contribution in [0.1, 0.15) is 30.1 Å². The highest BCUT2D eigenvalue weighted by Crippen LogP contribution is 2.29. The smallest absolute Gasteiger partial charge is 0.251 e. The van der Waals surface area contributed by atoms with Crippen molar-refractivity contribution in [1.29, 1.82) is 0 Å². The van der Waals surface area contributed by atoms with Crippen molar-refractivity contribution in [3.05, 3.63) is 54.1 Å². The molecule has 0 spiro atoms. The highest BCUT2D eigenvalue weighted by atomic mass is 16.2. The zero-order valence-electron chi connectivity index (χ0n) is 15.8. The number of hydrogen-bond donors (Lipinski definition) is 3. The third-order valence-electron chi connectivity index (χ3n) is 4.45. The predicted octanol–water partition coefficient (Wildman–Crippen LogP) is 2.61. The molecular formula is C21H24N4O3. The molecule has 7 heteroatoms. The van der Waals surface area contributed by atoms with Crippen molar-refractivity contribution in [1.82, 2.24) is 5.32 Å². The SMILES string of the molecule is CCNC(=O)c1cccc(NC(=O)CNc2ccccc2N2CCCC2=O)c1. The second-order valence-corrected chi connectivity index (χ2v) is 6.51. The van der Waals surface area contributed by atoms with E-state index in [0.717, 1.165) is 17.8 Å². The fraction of sp³-hybridized carbons (Fsp3) is 0.286. The lowest BCUT2D eigenvalue weighted by atomic mass is 10.2. The van der Waals surface area contributed by atoms with Gasteiger partial charge < -0.3 is 20.9 Å². The van der Waals surface area contributed by atoms with Crippen LogP contribution in [0, 0.1) is 0 Å². The van der Waals surface area contributed by atoms with Gasteiger partial charge in [-0.15, -0.1) is 0 Å². The Bertz CT molecular complexity index is 881. The first kappa shape index (κ1) is 19.4. The van der Waals surface area contributed by atoms with E-state index in [-0.39, 0.29) is 24.3 Å². The fourth-order valence-corrected chi connectivity index (χ4v) is 3.14. The van der Waals surface area contributed by atoms with Crippen LogP contribution < -0.4 is 20.9 Å². The summed E-state index contributed by atoms with van der Waals surface area (Å²) in [4.78, 5) is 38.0. The maximum absolute atomic E-state index is 12.3. The second-order valence-electron chi connectivity index (χ2n) is 6.51. The van der Waals surface area contributed by atoms with Crippen LogP contribution >= 0.6 is 0 Å². The lowest BCUT2D eigenvalue weighted by Crippen LogP contribution is -2.27. The molecule has 0 radical (unpaired) electrons. The average Bonchev–Trinajstić information content (AvgIpc) is 3.13. The lowest BCUT2D eigenvalue weighted by molar-refractivity contribution is -0.117. The molecule has 0 aromatic heterocycles. The third-order valence-corrected chi connectivity index (χ3v) is 4.45. The van der Waals surface area contributed by atoms with E-state index in [1.165, 1.54) is 0 Å². The summed E-state index contributed by atoms with van der Waals surface area (Å²) in [5.74, 6) is -0.322. The zero-order valence-corrected chi connectivity index (χ0v) is 15.8. The molecular weight excluding hydrogens is 356 g/mol. The van der Waals surface area contributed by atoms with Crippen molar-refractivity contribution in [3.63, 3.8) is 0 Å². The number of nitrogens with zero attached hydrogens (tertiary/aromatic N) is 1. The lowest BCUT2D eigenvalue weighted by Gasteiger charge is -2.20. The van der Waals surface area contributed by atoms with Gasteiger partial charge in [0.2, 0.25) is 11.8 Å². The summed E-state index contributed by atoms with van der Waals surface area (Å²) in [5, 5.41) is 8.62. The molecule has 1 fully saturated rings. The first-order chi connectivity index (χ1) is 13.6. The Labute approximate surface area is 164 Å². The molecule has 1 heterocycles. The second kappa shape index (κ2) is 9.03. The van der Waals surface area contributed by atoms with E-state index in [0.29, 0.717) is 30.8 Å². The van der Waals surface area contributed by atoms with Gasteiger partial charge in [0.15, 0.2) is 0 Å². The molecule has 2 aromatic rings. The quantitative estimate of drug-likeness (QED) is 0.689. The first-order valence-electron chi connectivity index (χ1n) is 9.40. The Kier molecular flexibility index (Phi) is 6.26. The molecule has 0 atom stereocenters. The van der Waals surface area contributed by atoms with Crippen LogP contribution in [0.2, 0.25) is 0 Å². The van der Waals surface area contributed by atoms with E-state index >= 15 is 0 Å². The summed E-state index contributed by atoms with van der Waals surface area (Å²) in [5.41, 5.74) is 2.57. The Morgan fingerprint density at radius 2 is 1.93 bits per heavy atom. The van der Waals surface area contributed by atoms with Gasteiger partial charge in [-0.1, -0.05) is 18.2 Å². The van der Waals surface area contributed by atoms with E-state index in [9.17, 15) is 14.4 Å². The minimum Gasteiger partial charge on any atom is -0.374 e. The van der Waals surface area contributed by atoms with Crippen molar-refractivity contribution in [2.45, 2.75) is 19.8 Å². The Morgan fingerprint density at radius 3 is 2.68 bits per heavy atom. The monoisotopic (exact) mass is 380 g/mol. The van der Waals surface area contributed by atoms with Crippen LogP contribution in [0.3, 0.4) is 0 Å². The zero-order chi connectivity index (χ0) is 19.9. The molecule has 2 aromatic carbocycles. The Hall–Kier alpha value is -3.35. The predicted molar refractivity (Wildman–Crippen MR) is 110 cm³/mol. The minimum absolute atomic E-state index is 0.0461. The third kappa shape index (κ3) is 4.68. The van der Waals surface area contributed by atoms with Gasteiger partial charge in [-0.05, 0) is 43.7 Å². The Morgan fingerprint density at radius 1 is 1.11 bits per heavy atom. The number of hydrogen-bond acceptors (Lipinski definition) is 4. The number of benzene rings is 2. The van der Waals surface area contributed by atoms with Gasteiger partial charge in [-0.2, -0.15) is 0 Å². The molecule has 3 N–H and O–H groups in total. The maximum Gasteiger partial charge on any atom is 0.251 e. The van der Waals surface area contributed by atoms with Crippen molar-refractivity contribution in [2.24, 2.45) is 0 Å². The number of para-hydroxylation sites is 2. The molecule has 28 heavy (non-hydrogen) atoms. The van der Waals surface area contributed by atoms with Gasteiger partial charge in [-0.3, -0.25) is 14.4 Å². The highest BCUT2D eigenvalue weighted by Gasteiger charge is 2.23. The fourth-order valence-electron chi connectivity index (χ4n) is 3.14. The molecule has 7 nitrogen and oxygen atoms in total. The normalized spacial score (nSPS) is 13.3. The summed E-state index contributed by atoms with van der Waals surface area (Å²) in [6, 6.07) is 14.3. The van der Waals surface area contributed by atoms with E-state index in [1.54, 1.807) is 29.2 Å². The summed E-state index contributed by atoms with van der Waals surface area (Å²) in [6.07, 6.45) is 1.40.